The number of hydrogen-bond acceptors (Lipinski definition) is 3. The number of ether oxygens (including phenoxy) is 1. The van der Waals surface area contributed by atoms with Crippen molar-refractivity contribution in [2.24, 2.45) is 0 Å². The first-order chi connectivity index (χ1) is 7.56. The van der Waals surface area contributed by atoms with Crippen molar-refractivity contribution in [3.63, 3.8) is 0 Å². The molecule has 0 rings (SSSR count). The van der Waals surface area contributed by atoms with Gasteiger partial charge in [0, 0.05) is 19.7 Å². The molecule has 16 heavy (non-hydrogen) atoms. The molecule has 0 spiro atoms. The highest BCUT2D eigenvalue weighted by molar-refractivity contribution is 6.28. The number of urea groups is 1. The Morgan fingerprint density at radius 2 is 2.12 bits per heavy atom. The van der Waals surface area contributed by atoms with Crippen LogP contribution < -0.4 is 5.32 Å². The summed E-state index contributed by atoms with van der Waals surface area (Å²) in [5.41, 5.74) is 0. The molecule has 0 aliphatic rings. The molecule has 0 fully saturated rings. The van der Waals surface area contributed by atoms with Crippen molar-refractivity contribution in [2.75, 3.05) is 26.1 Å². The van der Waals surface area contributed by atoms with Gasteiger partial charge >= 0.3 is 6.03 Å². The molecule has 0 aliphatic heterocycles. The molecule has 0 saturated carbocycles. The van der Waals surface area contributed by atoms with Crippen LogP contribution in [0.5, 0.6) is 0 Å². The van der Waals surface area contributed by atoms with Crippen LogP contribution in [-0.4, -0.2) is 49.0 Å². The zero-order chi connectivity index (χ0) is 12.6. The van der Waals surface area contributed by atoms with Gasteiger partial charge < -0.3 is 9.64 Å². The Morgan fingerprint density at radius 1 is 1.50 bits per heavy atom. The molecule has 0 saturated heterocycles. The zero-order valence-electron chi connectivity index (χ0n) is 9.96. The van der Waals surface area contributed by atoms with Gasteiger partial charge in [-0.15, -0.1) is 11.6 Å². The number of methoxy groups -OCH3 is 1. The van der Waals surface area contributed by atoms with Gasteiger partial charge in [0.05, 0.1) is 6.61 Å². The van der Waals surface area contributed by atoms with E-state index >= 15 is 0 Å². The van der Waals surface area contributed by atoms with E-state index in [0.29, 0.717) is 13.2 Å². The largest absolute Gasteiger partial charge is 0.383 e. The first kappa shape index (κ1) is 15.2. The lowest BCUT2D eigenvalue weighted by molar-refractivity contribution is -0.117. The molecule has 0 radical (unpaired) electrons. The molecule has 1 atom stereocenters. The first-order valence-electron chi connectivity index (χ1n) is 5.22. The summed E-state index contributed by atoms with van der Waals surface area (Å²) in [4.78, 5) is 24.3. The fourth-order valence-corrected chi connectivity index (χ4v) is 1.22. The molecule has 0 aromatic carbocycles. The van der Waals surface area contributed by atoms with Crippen molar-refractivity contribution >= 4 is 23.5 Å². The Bertz CT molecular complexity index is 236. The van der Waals surface area contributed by atoms with Gasteiger partial charge in [-0.2, -0.15) is 0 Å². The third-order valence-corrected chi connectivity index (χ3v) is 2.53. The van der Waals surface area contributed by atoms with Crippen LogP contribution in [-0.2, 0) is 9.53 Å². The molecule has 0 aromatic rings. The molecule has 0 heterocycles. The van der Waals surface area contributed by atoms with E-state index in [1.54, 1.807) is 12.0 Å². The van der Waals surface area contributed by atoms with E-state index in [2.05, 4.69) is 5.32 Å². The van der Waals surface area contributed by atoms with Crippen molar-refractivity contribution in [3.05, 3.63) is 0 Å². The second kappa shape index (κ2) is 8.35. The Morgan fingerprint density at radius 3 is 2.56 bits per heavy atom. The topological polar surface area (TPSA) is 58.6 Å². The number of nitrogens with one attached hydrogen (secondary N) is 1. The van der Waals surface area contributed by atoms with Crippen LogP contribution in [0.4, 0.5) is 4.79 Å². The number of alkyl halides is 1. The van der Waals surface area contributed by atoms with E-state index in [1.807, 2.05) is 13.8 Å². The summed E-state index contributed by atoms with van der Waals surface area (Å²) in [5.74, 6) is -0.706. The van der Waals surface area contributed by atoms with Crippen molar-refractivity contribution in [3.8, 4) is 0 Å². The van der Waals surface area contributed by atoms with Gasteiger partial charge in [-0.1, -0.05) is 6.92 Å². The Hall–Kier alpha value is -0.810. The smallest absolute Gasteiger partial charge is 0.324 e. The van der Waals surface area contributed by atoms with E-state index in [1.165, 1.54) is 0 Å². The Labute approximate surface area is 101 Å². The minimum absolute atomic E-state index is 0.0540. The average Bonchev–Trinajstić information content (AvgIpc) is 2.28. The normalized spacial score (nSPS) is 12.0. The fourth-order valence-electron chi connectivity index (χ4n) is 1.16. The summed E-state index contributed by atoms with van der Waals surface area (Å²) >= 11 is 5.31. The summed E-state index contributed by atoms with van der Waals surface area (Å²) in [6.45, 7) is 4.78. The molecule has 3 amide bonds. The molecule has 94 valence electrons. The summed E-state index contributed by atoms with van der Waals surface area (Å²) in [6, 6.07) is -0.365. The molecule has 0 bridgehead atoms. The number of amides is 3. The zero-order valence-corrected chi connectivity index (χ0v) is 10.7. The minimum atomic E-state index is -0.489. The molecule has 0 aromatic heterocycles. The lowest BCUT2D eigenvalue weighted by Crippen LogP contribution is -2.48. The monoisotopic (exact) mass is 250 g/mol. The second-order valence-corrected chi connectivity index (χ2v) is 3.70. The van der Waals surface area contributed by atoms with Crippen molar-refractivity contribution in [1.29, 1.82) is 0 Å². The third-order valence-electron chi connectivity index (χ3n) is 2.29. The minimum Gasteiger partial charge on any atom is -0.383 e. The number of halogens is 1. The van der Waals surface area contributed by atoms with Gasteiger partial charge in [0.25, 0.3) is 0 Å². The van der Waals surface area contributed by atoms with Crippen LogP contribution in [0.25, 0.3) is 0 Å². The standard InChI is InChI=1S/C10H19ClN2O3/c1-4-8(2)13(5-6-16-3)10(15)12-9(14)7-11/h8H,4-7H2,1-3H3,(H,12,14,15). The maximum Gasteiger partial charge on any atom is 0.324 e. The Balaban J connectivity index is 4.37. The van der Waals surface area contributed by atoms with Crippen LogP contribution in [0.3, 0.4) is 0 Å². The molecule has 1 unspecified atom stereocenters. The first-order valence-corrected chi connectivity index (χ1v) is 5.75. The van der Waals surface area contributed by atoms with Gasteiger partial charge in [-0.25, -0.2) is 4.79 Å². The average molecular weight is 251 g/mol. The molecule has 0 aliphatic carbocycles. The van der Waals surface area contributed by atoms with E-state index in [4.69, 9.17) is 16.3 Å². The molecule has 1 N–H and O–H groups in total. The molecule has 6 heteroatoms. The summed E-state index contributed by atoms with van der Waals surface area (Å²) in [6.07, 6.45) is 0.812. The van der Waals surface area contributed by atoms with E-state index in [9.17, 15) is 9.59 Å². The van der Waals surface area contributed by atoms with E-state index in [-0.39, 0.29) is 11.9 Å². The number of nitrogens with zero attached hydrogens (tertiary/aromatic N) is 1. The van der Waals surface area contributed by atoms with Gasteiger partial charge in [-0.05, 0) is 13.3 Å². The Kier molecular flexibility index (Phi) is 7.93. The van der Waals surface area contributed by atoms with Gasteiger partial charge in [-0.3, -0.25) is 10.1 Å². The van der Waals surface area contributed by atoms with Crippen LogP contribution in [0.2, 0.25) is 0 Å². The van der Waals surface area contributed by atoms with Gasteiger partial charge in [0.2, 0.25) is 5.91 Å². The third kappa shape index (κ3) is 5.32. The quantitative estimate of drug-likeness (QED) is 0.721. The number of rotatable bonds is 6. The highest BCUT2D eigenvalue weighted by atomic mass is 35.5. The lowest BCUT2D eigenvalue weighted by Gasteiger charge is -2.27. The van der Waals surface area contributed by atoms with Crippen LogP contribution in [0, 0.1) is 0 Å². The molecular weight excluding hydrogens is 232 g/mol. The van der Waals surface area contributed by atoms with Crippen molar-refractivity contribution < 1.29 is 14.3 Å². The lowest BCUT2D eigenvalue weighted by atomic mass is 10.2. The summed E-state index contributed by atoms with van der Waals surface area (Å²) in [5, 5.41) is 2.21. The number of carbonyl (C=O) groups excluding carboxylic acids is 2. The summed E-state index contributed by atoms with van der Waals surface area (Å²) in [7, 11) is 1.57. The van der Waals surface area contributed by atoms with Crippen molar-refractivity contribution in [1.82, 2.24) is 10.2 Å². The summed E-state index contributed by atoms with van der Waals surface area (Å²) < 4.78 is 4.92. The van der Waals surface area contributed by atoms with Crippen LogP contribution in [0.15, 0.2) is 0 Å². The molecule has 5 nitrogen and oxygen atoms in total. The molecular formula is C10H19ClN2O3. The number of hydrogen-bond donors (Lipinski definition) is 1. The maximum atomic E-state index is 11.7. The van der Waals surface area contributed by atoms with Gasteiger partial charge in [0.1, 0.15) is 5.88 Å². The highest BCUT2D eigenvalue weighted by Gasteiger charge is 2.19. The fraction of sp³-hybridized carbons (Fsp3) is 0.800. The van der Waals surface area contributed by atoms with Crippen LogP contribution >= 0.6 is 11.6 Å². The van der Waals surface area contributed by atoms with E-state index < -0.39 is 11.9 Å². The predicted molar refractivity (Wildman–Crippen MR) is 62.6 cm³/mol. The van der Waals surface area contributed by atoms with Gasteiger partial charge in [0.15, 0.2) is 0 Å². The predicted octanol–water partition coefficient (Wildman–Crippen LogP) is 1.21. The SMILES string of the molecule is CCC(C)N(CCOC)C(=O)NC(=O)CCl. The van der Waals surface area contributed by atoms with Crippen LogP contribution in [0.1, 0.15) is 20.3 Å². The van der Waals surface area contributed by atoms with Crippen molar-refractivity contribution in [2.45, 2.75) is 26.3 Å². The highest BCUT2D eigenvalue weighted by Crippen LogP contribution is 2.03. The maximum absolute atomic E-state index is 11.7. The second-order valence-electron chi connectivity index (χ2n) is 3.43. The number of imide groups is 1. The number of carbonyl (C=O) groups is 2. The van der Waals surface area contributed by atoms with E-state index in [0.717, 1.165) is 6.42 Å².